The van der Waals surface area contributed by atoms with Gasteiger partial charge in [-0.2, -0.15) is 0 Å². The van der Waals surface area contributed by atoms with Gasteiger partial charge in [0.25, 0.3) is 0 Å². The molecule has 2 aromatic carbocycles. The van der Waals surface area contributed by atoms with Crippen molar-refractivity contribution in [1.82, 2.24) is 0 Å². The number of aryl methyl sites for hydroxylation is 2. The molecule has 1 aliphatic carbocycles. The molecule has 5 nitrogen and oxygen atoms in total. The second kappa shape index (κ2) is 8.58. The third-order valence-corrected chi connectivity index (χ3v) is 6.42. The maximum absolute atomic E-state index is 13.6. The number of benzene rings is 2. The largest absolute Gasteiger partial charge is 0.497 e. The van der Waals surface area contributed by atoms with Crippen molar-refractivity contribution in [2.45, 2.75) is 51.9 Å². The van der Waals surface area contributed by atoms with Crippen LogP contribution >= 0.6 is 0 Å². The van der Waals surface area contributed by atoms with E-state index >= 15 is 0 Å². The van der Waals surface area contributed by atoms with Gasteiger partial charge < -0.3 is 9.47 Å². The molecule has 2 aromatic rings. The van der Waals surface area contributed by atoms with Crippen LogP contribution in [-0.2, 0) is 16.0 Å². The molecule has 162 valence electrons. The van der Waals surface area contributed by atoms with Gasteiger partial charge >= 0.3 is 0 Å². The van der Waals surface area contributed by atoms with E-state index in [-0.39, 0.29) is 24.0 Å². The summed E-state index contributed by atoms with van der Waals surface area (Å²) in [7, 11) is 3.21. The molecule has 0 bridgehead atoms. The van der Waals surface area contributed by atoms with Gasteiger partial charge in [-0.3, -0.25) is 14.5 Å². The van der Waals surface area contributed by atoms with Gasteiger partial charge in [-0.15, -0.1) is 0 Å². The third kappa shape index (κ3) is 3.62. The normalized spacial score (nSPS) is 18.8. The number of hydrogen-bond donors (Lipinski definition) is 0. The molecular weight excluding hydrogens is 390 g/mol. The summed E-state index contributed by atoms with van der Waals surface area (Å²) in [5.41, 5.74) is 5.60. The zero-order valence-corrected chi connectivity index (χ0v) is 18.7. The second-order valence-electron chi connectivity index (χ2n) is 8.17. The van der Waals surface area contributed by atoms with Crippen LogP contribution in [0.3, 0.4) is 0 Å². The molecule has 4 rings (SSSR count). The number of carbonyl (C=O) groups is 2. The van der Waals surface area contributed by atoms with Crippen LogP contribution in [0, 0.1) is 6.92 Å². The third-order valence-electron chi connectivity index (χ3n) is 6.42. The number of carbonyl (C=O) groups excluding carboxylic acids is 2. The lowest BCUT2D eigenvalue weighted by molar-refractivity contribution is -0.119. The summed E-state index contributed by atoms with van der Waals surface area (Å²) in [5, 5.41) is 0. The molecule has 0 aromatic heterocycles. The summed E-state index contributed by atoms with van der Waals surface area (Å²) in [6.45, 7) is 4.13. The molecule has 0 N–H and O–H groups in total. The zero-order valence-electron chi connectivity index (χ0n) is 18.7. The Morgan fingerprint density at radius 3 is 2.58 bits per heavy atom. The molecule has 0 saturated carbocycles. The number of anilines is 1. The molecule has 1 heterocycles. The van der Waals surface area contributed by atoms with E-state index in [1.165, 1.54) is 0 Å². The first kappa shape index (κ1) is 21.2. The van der Waals surface area contributed by atoms with Gasteiger partial charge in [0.15, 0.2) is 5.78 Å². The van der Waals surface area contributed by atoms with E-state index in [0.717, 1.165) is 52.9 Å². The summed E-state index contributed by atoms with van der Waals surface area (Å²) < 4.78 is 10.9. The Balaban J connectivity index is 1.91. The predicted octanol–water partition coefficient (Wildman–Crippen LogP) is 5.10. The van der Waals surface area contributed by atoms with E-state index in [2.05, 4.69) is 13.0 Å². The Labute approximate surface area is 183 Å². The van der Waals surface area contributed by atoms with Crippen LogP contribution in [0.25, 0.3) is 0 Å². The minimum absolute atomic E-state index is 0.0281. The van der Waals surface area contributed by atoms with Gasteiger partial charge in [-0.25, -0.2) is 0 Å². The molecule has 0 spiro atoms. The molecule has 5 heteroatoms. The quantitative estimate of drug-likeness (QED) is 0.676. The number of Topliss-reactive ketones (excluding diaryl/α,β-unsaturated/α-hetero) is 1. The molecule has 0 saturated heterocycles. The maximum atomic E-state index is 13.6. The van der Waals surface area contributed by atoms with Crippen molar-refractivity contribution in [3.63, 3.8) is 0 Å². The van der Waals surface area contributed by atoms with E-state index in [0.29, 0.717) is 17.9 Å². The van der Waals surface area contributed by atoms with Crippen molar-refractivity contribution in [3.8, 4) is 11.5 Å². The van der Waals surface area contributed by atoms with Crippen LogP contribution in [0.5, 0.6) is 11.5 Å². The van der Waals surface area contributed by atoms with E-state index in [4.69, 9.17) is 9.47 Å². The minimum Gasteiger partial charge on any atom is -0.497 e. The number of para-hydroxylation sites is 1. The number of allylic oxidation sites excluding steroid dienone is 2. The first-order valence-electron chi connectivity index (χ1n) is 10.9. The molecule has 1 amide bonds. The fraction of sp³-hybridized carbons (Fsp3) is 0.385. The summed E-state index contributed by atoms with van der Waals surface area (Å²) >= 11 is 0. The highest BCUT2D eigenvalue weighted by atomic mass is 16.5. The van der Waals surface area contributed by atoms with Gasteiger partial charge in [0.1, 0.15) is 11.5 Å². The lowest BCUT2D eigenvalue weighted by atomic mass is 9.76. The Morgan fingerprint density at radius 1 is 1.06 bits per heavy atom. The van der Waals surface area contributed by atoms with Crippen LogP contribution in [0.1, 0.15) is 55.2 Å². The van der Waals surface area contributed by atoms with Crippen molar-refractivity contribution in [2.75, 3.05) is 19.1 Å². The lowest BCUT2D eigenvalue weighted by Crippen LogP contribution is -2.41. The fourth-order valence-corrected chi connectivity index (χ4v) is 4.95. The highest BCUT2D eigenvalue weighted by molar-refractivity contribution is 6.08. The van der Waals surface area contributed by atoms with E-state index in [9.17, 15) is 9.59 Å². The summed E-state index contributed by atoms with van der Waals surface area (Å²) in [5.74, 6) is 1.18. The van der Waals surface area contributed by atoms with Gasteiger partial charge in [0.2, 0.25) is 5.91 Å². The van der Waals surface area contributed by atoms with Gasteiger partial charge in [-0.05, 0) is 43.4 Å². The standard InChI is InChI=1S/C26H29NO4/c1-5-17-9-6-8-16(2)26(17)27-21-10-7-11-22(28)25(21)20(15-24(27)29)19-13-12-18(30-3)14-23(19)31-4/h6,8-9,12-14,20H,5,7,10-11,15H2,1-4H3. The van der Waals surface area contributed by atoms with Crippen molar-refractivity contribution >= 4 is 17.4 Å². The fourth-order valence-electron chi connectivity index (χ4n) is 4.95. The Kier molecular flexibility index (Phi) is 5.86. The SMILES string of the molecule is CCc1cccc(C)c1N1C(=O)CC(c2ccc(OC)cc2OC)C2=C1CCCC2=O. The van der Waals surface area contributed by atoms with Crippen LogP contribution in [-0.4, -0.2) is 25.9 Å². The number of rotatable bonds is 5. The highest BCUT2D eigenvalue weighted by Gasteiger charge is 2.41. The molecule has 31 heavy (non-hydrogen) atoms. The molecule has 2 aliphatic rings. The highest BCUT2D eigenvalue weighted by Crippen LogP contribution is 2.47. The molecular formula is C26H29NO4. The first-order chi connectivity index (χ1) is 15.0. The summed E-state index contributed by atoms with van der Waals surface area (Å²) in [6.07, 6.45) is 3.07. The smallest absolute Gasteiger partial charge is 0.232 e. The average Bonchev–Trinajstić information content (AvgIpc) is 2.78. The van der Waals surface area contributed by atoms with E-state index in [1.54, 1.807) is 14.2 Å². The first-order valence-corrected chi connectivity index (χ1v) is 10.9. The van der Waals surface area contributed by atoms with Crippen LogP contribution in [0.15, 0.2) is 47.7 Å². The second-order valence-corrected chi connectivity index (χ2v) is 8.17. The molecule has 1 aliphatic heterocycles. The topological polar surface area (TPSA) is 55.8 Å². The molecule has 1 atom stereocenters. The van der Waals surface area contributed by atoms with Crippen molar-refractivity contribution in [2.24, 2.45) is 0 Å². The number of ketones is 1. The minimum atomic E-state index is -0.304. The van der Waals surface area contributed by atoms with E-state index < -0.39 is 0 Å². The van der Waals surface area contributed by atoms with Crippen LogP contribution < -0.4 is 14.4 Å². The lowest BCUT2D eigenvalue weighted by Gasteiger charge is -2.40. The number of ether oxygens (including phenoxy) is 2. The Morgan fingerprint density at radius 2 is 1.87 bits per heavy atom. The molecule has 0 radical (unpaired) electrons. The monoisotopic (exact) mass is 419 g/mol. The molecule has 1 unspecified atom stereocenters. The van der Waals surface area contributed by atoms with Crippen molar-refractivity contribution in [1.29, 1.82) is 0 Å². The van der Waals surface area contributed by atoms with Crippen molar-refractivity contribution < 1.29 is 19.1 Å². The number of methoxy groups -OCH3 is 2. The van der Waals surface area contributed by atoms with Gasteiger partial charge in [0, 0.05) is 41.7 Å². The van der Waals surface area contributed by atoms with Crippen molar-refractivity contribution in [3.05, 3.63) is 64.4 Å². The number of hydrogen-bond acceptors (Lipinski definition) is 4. The Bertz CT molecular complexity index is 1070. The number of nitrogens with zero attached hydrogens (tertiary/aromatic N) is 1. The summed E-state index contributed by atoms with van der Waals surface area (Å²) in [6, 6.07) is 11.7. The predicted molar refractivity (Wildman–Crippen MR) is 121 cm³/mol. The molecule has 0 fully saturated rings. The average molecular weight is 420 g/mol. The zero-order chi connectivity index (χ0) is 22.1. The van der Waals surface area contributed by atoms with Crippen LogP contribution in [0.2, 0.25) is 0 Å². The number of amides is 1. The van der Waals surface area contributed by atoms with Crippen LogP contribution in [0.4, 0.5) is 5.69 Å². The Hall–Kier alpha value is -3.08. The van der Waals surface area contributed by atoms with Gasteiger partial charge in [0.05, 0.1) is 19.9 Å². The van der Waals surface area contributed by atoms with Gasteiger partial charge in [-0.1, -0.05) is 31.2 Å². The summed E-state index contributed by atoms with van der Waals surface area (Å²) in [4.78, 5) is 28.6. The maximum Gasteiger partial charge on any atom is 0.232 e. The van der Waals surface area contributed by atoms with E-state index in [1.807, 2.05) is 42.2 Å².